The molecule has 3 aromatic carbocycles. The van der Waals surface area contributed by atoms with Crippen LogP contribution in [0.1, 0.15) is 28.4 Å². The van der Waals surface area contributed by atoms with Crippen molar-refractivity contribution in [1.82, 2.24) is 0 Å². The van der Waals surface area contributed by atoms with Crippen LogP contribution >= 0.6 is 7.82 Å². The normalized spacial score (nSPS) is 13.4. The number of carbonyl (C=O) groups is 2. The molecule has 0 saturated heterocycles. The minimum atomic E-state index is -4.53. The molecule has 0 spiro atoms. The zero-order chi connectivity index (χ0) is 25.1. The van der Waals surface area contributed by atoms with E-state index in [9.17, 15) is 19.0 Å². The largest absolute Gasteiger partial charge is 0.472 e. The molecule has 0 radical (unpaired) electrons. The van der Waals surface area contributed by atoms with Gasteiger partial charge in [0.15, 0.2) is 6.10 Å². The molecule has 8 nitrogen and oxygen atoms in total. The first kappa shape index (κ1) is 26.3. The highest BCUT2D eigenvalue weighted by atomic mass is 31.2. The van der Waals surface area contributed by atoms with Crippen molar-refractivity contribution in [2.45, 2.75) is 25.9 Å². The predicted octanol–water partition coefficient (Wildman–Crippen LogP) is 4.79. The molecule has 0 heterocycles. The summed E-state index contributed by atoms with van der Waals surface area (Å²) >= 11 is 0. The maximum atomic E-state index is 13.0. The van der Waals surface area contributed by atoms with Crippen LogP contribution in [0.3, 0.4) is 0 Å². The summed E-state index contributed by atoms with van der Waals surface area (Å²) in [5.41, 5.74) is 2.42. The monoisotopic (exact) mass is 497 g/mol. The van der Waals surface area contributed by atoms with Gasteiger partial charge >= 0.3 is 13.8 Å². The van der Waals surface area contributed by atoms with E-state index in [1.54, 1.807) is 43.3 Å². The van der Waals surface area contributed by atoms with E-state index in [0.29, 0.717) is 17.7 Å². The van der Waals surface area contributed by atoms with E-state index in [-0.39, 0.29) is 19.6 Å². The molecule has 0 aliphatic heterocycles. The number of phosphoric acid groups is 1. The smallest absolute Gasteiger partial charge is 0.462 e. The zero-order valence-electron chi connectivity index (χ0n) is 19.3. The summed E-state index contributed by atoms with van der Waals surface area (Å²) in [5, 5.41) is 2.66. The molecular formula is C26H28NO7P. The first-order chi connectivity index (χ1) is 16.9. The van der Waals surface area contributed by atoms with E-state index < -0.39 is 25.8 Å². The minimum Gasteiger partial charge on any atom is -0.462 e. The number of amides is 1. The van der Waals surface area contributed by atoms with Gasteiger partial charge in [0.05, 0.1) is 18.8 Å². The molecule has 0 bridgehead atoms. The molecule has 0 aromatic heterocycles. The lowest BCUT2D eigenvalue weighted by molar-refractivity contribution is -0.123. The topological polar surface area (TPSA) is 111 Å². The summed E-state index contributed by atoms with van der Waals surface area (Å²) in [7, 11) is -4.53. The molecule has 1 amide bonds. The number of ether oxygens (including phenoxy) is 1. The third kappa shape index (κ3) is 8.77. The quantitative estimate of drug-likeness (QED) is 0.273. The van der Waals surface area contributed by atoms with Crippen molar-refractivity contribution in [1.29, 1.82) is 0 Å². The second-order valence-corrected chi connectivity index (χ2v) is 9.01. The Balaban J connectivity index is 1.66. The molecule has 3 rings (SSSR count). The second kappa shape index (κ2) is 13.0. The summed E-state index contributed by atoms with van der Waals surface area (Å²) in [6, 6.07) is 24.5. The average molecular weight is 497 g/mol. The second-order valence-electron chi connectivity index (χ2n) is 7.61. The van der Waals surface area contributed by atoms with Gasteiger partial charge in [0.1, 0.15) is 0 Å². The molecule has 3 aromatic rings. The number of phosphoric ester groups is 1. The molecule has 0 aliphatic carbocycles. The number of hydrogen-bond donors (Lipinski definition) is 2. The maximum Gasteiger partial charge on any atom is 0.472 e. The third-order valence-corrected chi connectivity index (χ3v) is 6.00. The summed E-state index contributed by atoms with van der Waals surface area (Å²) in [6.45, 7) is 1.92. The Morgan fingerprint density at radius 3 is 2.11 bits per heavy atom. The van der Waals surface area contributed by atoms with E-state index in [1.807, 2.05) is 36.4 Å². The van der Waals surface area contributed by atoms with Gasteiger partial charge in [0, 0.05) is 12.1 Å². The van der Waals surface area contributed by atoms with Crippen molar-refractivity contribution in [3.05, 3.63) is 102 Å². The Hall–Kier alpha value is -3.29. The molecular weight excluding hydrogens is 469 g/mol. The van der Waals surface area contributed by atoms with Crippen molar-refractivity contribution < 1.29 is 32.8 Å². The fraction of sp³-hybridized carbons (Fsp3) is 0.231. The van der Waals surface area contributed by atoms with Crippen molar-refractivity contribution in [3.63, 3.8) is 0 Å². The molecule has 1 unspecified atom stereocenters. The summed E-state index contributed by atoms with van der Waals surface area (Å²) in [4.78, 5) is 35.1. The number of hydrogen-bond acceptors (Lipinski definition) is 6. The van der Waals surface area contributed by atoms with Crippen molar-refractivity contribution in [2.24, 2.45) is 0 Å². The Labute approximate surface area is 204 Å². The van der Waals surface area contributed by atoms with Crippen LogP contribution < -0.4 is 5.32 Å². The number of carbonyl (C=O) groups excluding carboxylic acids is 2. The van der Waals surface area contributed by atoms with Gasteiger partial charge in [-0.15, -0.1) is 0 Å². The summed E-state index contributed by atoms with van der Waals surface area (Å²) in [5.74, 6) is -1.09. The van der Waals surface area contributed by atoms with Gasteiger partial charge in [-0.25, -0.2) is 9.36 Å². The van der Waals surface area contributed by atoms with Crippen LogP contribution in [0.2, 0.25) is 0 Å². The predicted molar refractivity (Wildman–Crippen MR) is 132 cm³/mol. The fourth-order valence-corrected chi connectivity index (χ4v) is 4.12. The lowest BCUT2D eigenvalue weighted by Crippen LogP contribution is -2.32. The lowest BCUT2D eigenvalue weighted by Gasteiger charge is -2.21. The number of rotatable bonds is 12. The van der Waals surface area contributed by atoms with Gasteiger partial charge in [0.2, 0.25) is 0 Å². The summed E-state index contributed by atoms with van der Waals surface area (Å²) < 4.78 is 28.0. The van der Waals surface area contributed by atoms with Gasteiger partial charge in [-0.1, -0.05) is 60.7 Å². The third-order valence-electron chi connectivity index (χ3n) is 4.97. The van der Waals surface area contributed by atoms with Gasteiger partial charge < -0.3 is 14.9 Å². The first-order valence-corrected chi connectivity index (χ1v) is 12.7. The standard InChI is InChI=1S/C26H28NO7P/c1-2-32-26(29)22-13-15-23(16-14-22)27-25(28)24(19-21-11-7-4-8-12-21)34-35(30,31)33-18-17-20-9-5-3-6-10-20/h3-16,24H,2,17-19H2,1H3,(H,27,28)(H,30,31)/t24-/m0/s1. The van der Waals surface area contributed by atoms with Crippen LogP contribution in [0.15, 0.2) is 84.9 Å². The van der Waals surface area contributed by atoms with Gasteiger partial charge in [-0.3, -0.25) is 13.8 Å². The zero-order valence-corrected chi connectivity index (χ0v) is 20.2. The molecule has 0 saturated carbocycles. The Morgan fingerprint density at radius 1 is 0.914 bits per heavy atom. The van der Waals surface area contributed by atoms with Crippen molar-refractivity contribution >= 4 is 25.4 Å². The average Bonchev–Trinajstić information content (AvgIpc) is 2.85. The van der Waals surface area contributed by atoms with Crippen molar-refractivity contribution in [3.8, 4) is 0 Å². The molecule has 0 fully saturated rings. The van der Waals surface area contributed by atoms with Gasteiger partial charge in [-0.2, -0.15) is 0 Å². The highest BCUT2D eigenvalue weighted by Crippen LogP contribution is 2.45. The number of anilines is 1. The minimum absolute atomic E-state index is 0.0488. The molecule has 9 heteroatoms. The molecule has 2 N–H and O–H groups in total. The van der Waals surface area contributed by atoms with E-state index in [2.05, 4.69) is 5.32 Å². The van der Waals surface area contributed by atoms with Crippen LogP contribution in [0.25, 0.3) is 0 Å². The highest BCUT2D eigenvalue weighted by molar-refractivity contribution is 7.47. The Morgan fingerprint density at radius 2 is 1.51 bits per heavy atom. The maximum absolute atomic E-state index is 13.0. The first-order valence-electron chi connectivity index (χ1n) is 11.2. The lowest BCUT2D eigenvalue weighted by atomic mass is 10.1. The highest BCUT2D eigenvalue weighted by Gasteiger charge is 2.31. The van der Waals surface area contributed by atoms with Crippen LogP contribution in [0, 0.1) is 0 Å². The van der Waals surface area contributed by atoms with E-state index in [4.69, 9.17) is 13.8 Å². The SMILES string of the molecule is CCOC(=O)c1ccc(NC(=O)[C@H](Cc2ccccc2)OP(=O)(O)OCCc2ccccc2)cc1. The van der Waals surface area contributed by atoms with E-state index in [0.717, 1.165) is 11.1 Å². The molecule has 184 valence electrons. The Bertz CT molecular complexity index is 1140. The summed E-state index contributed by atoms with van der Waals surface area (Å²) in [6.07, 6.45) is -0.827. The number of benzene rings is 3. The van der Waals surface area contributed by atoms with E-state index >= 15 is 0 Å². The van der Waals surface area contributed by atoms with Crippen LogP contribution in [0.5, 0.6) is 0 Å². The Kier molecular flexibility index (Phi) is 9.76. The molecule has 0 aliphatic rings. The van der Waals surface area contributed by atoms with Gasteiger partial charge in [0.25, 0.3) is 5.91 Å². The molecule has 2 atom stereocenters. The fourth-order valence-electron chi connectivity index (χ4n) is 3.25. The van der Waals surface area contributed by atoms with Crippen LogP contribution in [0.4, 0.5) is 5.69 Å². The van der Waals surface area contributed by atoms with Gasteiger partial charge in [-0.05, 0) is 48.7 Å². The van der Waals surface area contributed by atoms with Crippen molar-refractivity contribution in [2.75, 3.05) is 18.5 Å². The molecule has 35 heavy (non-hydrogen) atoms. The number of nitrogens with one attached hydrogen (secondary N) is 1. The van der Waals surface area contributed by atoms with Crippen LogP contribution in [-0.2, 0) is 36.0 Å². The van der Waals surface area contributed by atoms with E-state index in [1.165, 1.54) is 12.1 Å². The number of esters is 1. The van der Waals surface area contributed by atoms with Crippen LogP contribution in [-0.4, -0.2) is 36.1 Å².